The molecular formula is C19H21NO4. The molecule has 0 saturated heterocycles. The van der Waals surface area contributed by atoms with Crippen LogP contribution in [0.3, 0.4) is 0 Å². The van der Waals surface area contributed by atoms with E-state index in [9.17, 15) is 9.59 Å². The molecule has 0 aliphatic rings. The number of carbonyl (C=O) groups excluding carboxylic acids is 2. The van der Waals surface area contributed by atoms with Crippen LogP contribution < -0.4 is 10.2 Å². The number of hydroxylamine groups is 1. The highest BCUT2D eigenvalue weighted by atomic mass is 16.7. The summed E-state index contributed by atoms with van der Waals surface area (Å²) in [5, 5.41) is 0. The van der Waals surface area contributed by atoms with Crippen molar-refractivity contribution in [1.82, 2.24) is 5.48 Å². The molecule has 0 aliphatic heterocycles. The fraction of sp³-hybridized carbons (Fsp3) is 0.263. The Bertz CT molecular complexity index is 670. The van der Waals surface area contributed by atoms with E-state index in [4.69, 9.17) is 9.57 Å². The van der Waals surface area contributed by atoms with E-state index in [1.807, 2.05) is 55.5 Å². The monoisotopic (exact) mass is 327 g/mol. The van der Waals surface area contributed by atoms with Gasteiger partial charge in [-0.15, -0.1) is 0 Å². The molecule has 0 radical (unpaired) electrons. The van der Waals surface area contributed by atoms with Gasteiger partial charge in [-0.05, 0) is 24.6 Å². The number of amides is 1. The number of hydrogen-bond donors (Lipinski definition) is 1. The van der Waals surface area contributed by atoms with Crippen LogP contribution in [-0.2, 0) is 9.63 Å². The Morgan fingerprint density at radius 1 is 0.917 bits per heavy atom. The standard InChI is InChI=1S/C19H21NO4/c1-15-7-5-6-10-17(15)18(21)11-12-19(22)20-24-14-13-23-16-8-3-2-4-9-16/h2-10H,11-14H2,1H3,(H,20,22). The smallest absolute Gasteiger partial charge is 0.243 e. The zero-order valence-corrected chi connectivity index (χ0v) is 13.7. The average molecular weight is 327 g/mol. The van der Waals surface area contributed by atoms with Crippen molar-refractivity contribution in [2.75, 3.05) is 13.2 Å². The minimum Gasteiger partial charge on any atom is -0.491 e. The lowest BCUT2D eigenvalue weighted by atomic mass is 10.0. The Morgan fingerprint density at radius 2 is 1.62 bits per heavy atom. The predicted molar refractivity (Wildman–Crippen MR) is 90.8 cm³/mol. The number of ketones is 1. The first-order chi connectivity index (χ1) is 11.7. The Hall–Kier alpha value is -2.66. The van der Waals surface area contributed by atoms with Crippen molar-refractivity contribution < 1.29 is 19.2 Å². The molecule has 5 heteroatoms. The van der Waals surface area contributed by atoms with Crippen LogP contribution in [0, 0.1) is 6.92 Å². The van der Waals surface area contributed by atoms with Crippen molar-refractivity contribution >= 4 is 11.7 Å². The van der Waals surface area contributed by atoms with Gasteiger partial charge < -0.3 is 4.74 Å². The molecule has 0 aromatic heterocycles. The minimum atomic E-state index is -0.323. The summed E-state index contributed by atoms with van der Waals surface area (Å²) in [6, 6.07) is 16.7. The van der Waals surface area contributed by atoms with Gasteiger partial charge in [-0.1, -0.05) is 42.5 Å². The van der Waals surface area contributed by atoms with Crippen molar-refractivity contribution in [3.63, 3.8) is 0 Å². The quantitative estimate of drug-likeness (QED) is 0.437. The van der Waals surface area contributed by atoms with Gasteiger partial charge in [0, 0.05) is 18.4 Å². The highest BCUT2D eigenvalue weighted by molar-refractivity contribution is 5.99. The van der Waals surface area contributed by atoms with E-state index < -0.39 is 0 Å². The molecule has 126 valence electrons. The van der Waals surface area contributed by atoms with Crippen LogP contribution in [0.4, 0.5) is 0 Å². The number of ether oxygens (including phenoxy) is 1. The van der Waals surface area contributed by atoms with E-state index in [1.165, 1.54) is 0 Å². The van der Waals surface area contributed by atoms with Gasteiger partial charge >= 0.3 is 0 Å². The van der Waals surface area contributed by atoms with Crippen molar-refractivity contribution in [3.05, 3.63) is 65.7 Å². The average Bonchev–Trinajstić information content (AvgIpc) is 2.60. The second-order valence-corrected chi connectivity index (χ2v) is 5.27. The van der Waals surface area contributed by atoms with E-state index >= 15 is 0 Å². The summed E-state index contributed by atoms with van der Waals surface area (Å²) in [6.45, 7) is 2.43. The summed E-state index contributed by atoms with van der Waals surface area (Å²) >= 11 is 0. The van der Waals surface area contributed by atoms with Gasteiger partial charge in [0.25, 0.3) is 0 Å². The largest absolute Gasteiger partial charge is 0.491 e. The first-order valence-electron chi connectivity index (χ1n) is 7.84. The normalized spacial score (nSPS) is 10.2. The number of aryl methyl sites for hydroxylation is 1. The molecule has 1 N–H and O–H groups in total. The molecule has 0 unspecified atom stereocenters. The van der Waals surface area contributed by atoms with Crippen molar-refractivity contribution in [3.8, 4) is 5.75 Å². The second-order valence-electron chi connectivity index (χ2n) is 5.27. The van der Waals surface area contributed by atoms with Crippen LogP contribution in [-0.4, -0.2) is 24.9 Å². The SMILES string of the molecule is Cc1ccccc1C(=O)CCC(=O)NOCCOc1ccccc1. The number of nitrogens with one attached hydrogen (secondary N) is 1. The van der Waals surface area contributed by atoms with Crippen LogP contribution in [0.5, 0.6) is 5.75 Å². The second kappa shape index (κ2) is 9.47. The fourth-order valence-corrected chi connectivity index (χ4v) is 2.15. The van der Waals surface area contributed by atoms with Gasteiger partial charge in [0.1, 0.15) is 19.0 Å². The maximum atomic E-state index is 12.1. The summed E-state index contributed by atoms with van der Waals surface area (Å²) in [4.78, 5) is 28.8. The summed E-state index contributed by atoms with van der Waals surface area (Å²) in [7, 11) is 0. The molecule has 0 fully saturated rings. The van der Waals surface area contributed by atoms with Gasteiger partial charge in [0.15, 0.2) is 5.78 Å². The molecule has 0 saturated carbocycles. The molecule has 24 heavy (non-hydrogen) atoms. The van der Waals surface area contributed by atoms with Crippen LogP contribution in [0.25, 0.3) is 0 Å². The lowest BCUT2D eigenvalue weighted by molar-refractivity contribution is -0.134. The molecule has 1 amide bonds. The highest BCUT2D eigenvalue weighted by Crippen LogP contribution is 2.11. The molecule has 2 aromatic rings. The fourth-order valence-electron chi connectivity index (χ4n) is 2.15. The number of rotatable bonds is 9. The number of Topliss-reactive ketones (excluding diaryl/α,β-unsaturated/α-hetero) is 1. The summed E-state index contributed by atoms with van der Waals surface area (Å²) in [6.07, 6.45) is 0.243. The molecular weight excluding hydrogens is 306 g/mol. The molecule has 0 bridgehead atoms. The Labute approximate surface area is 141 Å². The topological polar surface area (TPSA) is 64.6 Å². The number of benzene rings is 2. The third-order valence-corrected chi connectivity index (χ3v) is 3.41. The van der Waals surface area contributed by atoms with Crippen molar-refractivity contribution in [2.45, 2.75) is 19.8 Å². The molecule has 2 aromatic carbocycles. The maximum Gasteiger partial charge on any atom is 0.243 e. The summed E-state index contributed by atoms with van der Waals surface area (Å²) < 4.78 is 5.43. The Balaban J connectivity index is 1.60. The number of carbonyl (C=O) groups is 2. The molecule has 0 spiro atoms. The summed E-state index contributed by atoms with van der Waals surface area (Å²) in [5.41, 5.74) is 3.89. The zero-order chi connectivity index (χ0) is 17.2. The van der Waals surface area contributed by atoms with Crippen LogP contribution >= 0.6 is 0 Å². The lowest BCUT2D eigenvalue weighted by Crippen LogP contribution is -2.26. The van der Waals surface area contributed by atoms with Gasteiger partial charge in [-0.2, -0.15) is 0 Å². The number of para-hydroxylation sites is 1. The molecule has 2 rings (SSSR count). The van der Waals surface area contributed by atoms with Crippen LogP contribution in [0.15, 0.2) is 54.6 Å². The minimum absolute atomic E-state index is 0.0457. The van der Waals surface area contributed by atoms with Gasteiger partial charge in [0.2, 0.25) is 5.91 Å². The predicted octanol–water partition coefficient (Wildman–Crippen LogP) is 3.08. The highest BCUT2D eigenvalue weighted by Gasteiger charge is 2.11. The van der Waals surface area contributed by atoms with Crippen molar-refractivity contribution in [1.29, 1.82) is 0 Å². The van der Waals surface area contributed by atoms with E-state index in [2.05, 4.69) is 5.48 Å². The molecule has 5 nitrogen and oxygen atoms in total. The van der Waals surface area contributed by atoms with Crippen molar-refractivity contribution in [2.24, 2.45) is 0 Å². The van der Waals surface area contributed by atoms with E-state index in [-0.39, 0.29) is 31.1 Å². The van der Waals surface area contributed by atoms with Crippen LogP contribution in [0.2, 0.25) is 0 Å². The van der Waals surface area contributed by atoms with Gasteiger partial charge in [0.05, 0.1) is 0 Å². The molecule has 0 aliphatic carbocycles. The first-order valence-corrected chi connectivity index (χ1v) is 7.84. The van der Waals surface area contributed by atoms with Gasteiger partial charge in [-0.25, -0.2) is 5.48 Å². The first kappa shape index (κ1) is 17.7. The Kier molecular flexibility index (Phi) is 6.98. The Morgan fingerprint density at radius 3 is 2.38 bits per heavy atom. The van der Waals surface area contributed by atoms with E-state index in [0.29, 0.717) is 12.2 Å². The molecule has 0 atom stereocenters. The lowest BCUT2D eigenvalue weighted by Gasteiger charge is -2.08. The van der Waals surface area contributed by atoms with Crippen LogP contribution in [0.1, 0.15) is 28.8 Å². The number of hydrogen-bond acceptors (Lipinski definition) is 4. The zero-order valence-electron chi connectivity index (χ0n) is 13.7. The maximum absolute atomic E-state index is 12.1. The summed E-state index contributed by atoms with van der Waals surface area (Å²) in [5.74, 6) is 0.378. The third kappa shape index (κ3) is 5.85. The third-order valence-electron chi connectivity index (χ3n) is 3.41. The molecule has 0 heterocycles. The van der Waals surface area contributed by atoms with E-state index in [1.54, 1.807) is 6.07 Å². The van der Waals surface area contributed by atoms with Gasteiger partial charge in [-0.3, -0.25) is 14.4 Å². The van der Waals surface area contributed by atoms with E-state index in [0.717, 1.165) is 11.3 Å².